The highest BCUT2D eigenvalue weighted by atomic mass is 32.2. The molecular weight excluding hydrogens is 303 g/mol. The topological polar surface area (TPSA) is 57.8 Å². The summed E-state index contributed by atoms with van der Waals surface area (Å²) in [7, 11) is 0. The molecule has 1 aromatic heterocycles. The van der Waals surface area contributed by atoms with E-state index in [0.717, 1.165) is 12.1 Å². The van der Waals surface area contributed by atoms with Gasteiger partial charge in [0.25, 0.3) is 0 Å². The van der Waals surface area contributed by atoms with Crippen LogP contribution in [0, 0.1) is 0 Å². The highest BCUT2D eigenvalue weighted by molar-refractivity contribution is 8.00. The van der Waals surface area contributed by atoms with Crippen LogP contribution in [0.5, 0.6) is 0 Å². The Bertz CT molecular complexity index is 683. The molecule has 2 aromatic rings. The van der Waals surface area contributed by atoms with Crippen LogP contribution in [0.15, 0.2) is 30.5 Å². The molecule has 110 valence electrons. The zero-order valence-electron chi connectivity index (χ0n) is 10.6. The first-order valence-corrected chi connectivity index (χ1v) is 7.12. The fourth-order valence-corrected chi connectivity index (χ4v) is 3.26. The summed E-state index contributed by atoms with van der Waals surface area (Å²) >= 11 is 1.27. The van der Waals surface area contributed by atoms with Crippen molar-refractivity contribution >= 4 is 23.5 Å². The number of aromatic amines is 1. The van der Waals surface area contributed by atoms with Gasteiger partial charge in [0.2, 0.25) is 5.91 Å². The number of aromatic nitrogens is 2. The Kier molecular flexibility index (Phi) is 3.40. The number of alkyl halides is 3. The molecule has 4 nitrogen and oxygen atoms in total. The molecule has 0 spiro atoms. The van der Waals surface area contributed by atoms with Crippen LogP contribution < -0.4 is 5.32 Å². The van der Waals surface area contributed by atoms with Crippen LogP contribution in [0.4, 0.5) is 19.0 Å². The molecule has 21 heavy (non-hydrogen) atoms. The number of rotatable bonds is 1. The van der Waals surface area contributed by atoms with E-state index in [1.807, 2.05) is 0 Å². The van der Waals surface area contributed by atoms with Crippen molar-refractivity contribution < 1.29 is 18.0 Å². The molecule has 0 bridgehead atoms. The van der Waals surface area contributed by atoms with Crippen molar-refractivity contribution in [3.05, 3.63) is 47.2 Å². The lowest BCUT2D eigenvalue weighted by Crippen LogP contribution is -2.12. The molecule has 8 heteroatoms. The van der Waals surface area contributed by atoms with Crippen molar-refractivity contribution in [1.82, 2.24) is 10.2 Å². The van der Waals surface area contributed by atoms with Gasteiger partial charge in [0.05, 0.1) is 22.8 Å². The Labute approximate surface area is 122 Å². The molecule has 1 amide bonds. The minimum Gasteiger partial charge on any atom is -0.310 e. The fourth-order valence-electron chi connectivity index (χ4n) is 2.17. The third-order valence-corrected chi connectivity index (χ3v) is 4.40. The summed E-state index contributed by atoms with van der Waals surface area (Å²) in [6.07, 6.45) is -2.86. The Balaban J connectivity index is 2.03. The lowest BCUT2D eigenvalue weighted by atomic mass is 10.0. The van der Waals surface area contributed by atoms with Gasteiger partial charge in [-0.05, 0) is 11.6 Å². The van der Waals surface area contributed by atoms with E-state index < -0.39 is 11.7 Å². The molecule has 0 saturated heterocycles. The van der Waals surface area contributed by atoms with Gasteiger partial charge in [0.1, 0.15) is 5.82 Å². The zero-order chi connectivity index (χ0) is 15.0. The summed E-state index contributed by atoms with van der Waals surface area (Å²) < 4.78 is 38.5. The predicted octanol–water partition coefficient (Wildman–Crippen LogP) is 3.20. The number of anilines is 1. The van der Waals surface area contributed by atoms with Gasteiger partial charge in [0.15, 0.2) is 0 Å². The van der Waals surface area contributed by atoms with Gasteiger partial charge < -0.3 is 5.32 Å². The van der Waals surface area contributed by atoms with E-state index in [9.17, 15) is 18.0 Å². The summed E-state index contributed by atoms with van der Waals surface area (Å²) in [5, 5.41) is 8.78. The minimum absolute atomic E-state index is 0.170. The molecule has 1 atom stereocenters. The number of carbonyl (C=O) groups is 1. The minimum atomic E-state index is -4.39. The van der Waals surface area contributed by atoms with Crippen molar-refractivity contribution in [2.75, 3.05) is 11.1 Å². The number of nitrogens with one attached hydrogen (secondary N) is 2. The zero-order valence-corrected chi connectivity index (χ0v) is 11.4. The van der Waals surface area contributed by atoms with Crippen molar-refractivity contribution in [3.63, 3.8) is 0 Å². The number of H-pyrrole nitrogens is 1. The van der Waals surface area contributed by atoms with Crippen molar-refractivity contribution in [2.45, 2.75) is 11.4 Å². The number of amides is 1. The lowest BCUT2D eigenvalue weighted by Gasteiger charge is -2.15. The molecule has 0 saturated carbocycles. The highest BCUT2D eigenvalue weighted by Gasteiger charge is 2.32. The largest absolute Gasteiger partial charge is 0.416 e. The van der Waals surface area contributed by atoms with Gasteiger partial charge in [0, 0.05) is 5.56 Å². The van der Waals surface area contributed by atoms with Crippen LogP contribution in [-0.4, -0.2) is 21.9 Å². The third-order valence-electron chi connectivity index (χ3n) is 3.11. The molecule has 2 N–H and O–H groups in total. The van der Waals surface area contributed by atoms with Crippen LogP contribution in [0.3, 0.4) is 0 Å². The summed E-state index contributed by atoms with van der Waals surface area (Å²) in [6.45, 7) is 0. The second-order valence-corrected chi connectivity index (χ2v) is 5.66. The maximum atomic E-state index is 12.8. The molecular formula is C13H10F3N3OS. The van der Waals surface area contributed by atoms with Crippen LogP contribution in [0.2, 0.25) is 0 Å². The van der Waals surface area contributed by atoms with Crippen LogP contribution in [0.1, 0.15) is 21.9 Å². The average molecular weight is 313 g/mol. The van der Waals surface area contributed by atoms with Gasteiger partial charge in [-0.2, -0.15) is 18.3 Å². The monoisotopic (exact) mass is 313 g/mol. The molecule has 1 aliphatic heterocycles. The van der Waals surface area contributed by atoms with Crippen molar-refractivity contribution in [1.29, 1.82) is 0 Å². The molecule has 0 aliphatic carbocycles. The summed E-state index contributed by atoms with van der Waals surface area (Å²) in [5.74, 6) is 0.399. The number of nitrogens with zero attached hydrogens (tertiary/aromatic N) is 1. The van der Waals surface area contributed by atoms with Gasteiger partial charge in [-0.25, -0.2) is 0 Å². The summed E-state index contributed by atoms with van der Waals surface area (Å²) in [6, 6.07) is 5.15. The number of hydrogen-bond acceptors (Lipinski definition) is 3. The normalized spacial score (nSPS) is 18.8. The Morgan fingerprint density at radius 3 is 2.90 bits per heavy atom. The maximum Gasteiger partial charge on any atom is 0.416 e. The van der Waals surface area contributed by atoms with Gasteiger partial charge >= 0.3 is 6.18 Å². The number of benzene rings is 1. The fraction of sp³-hybridized carbons (Fsp3) is 0.231. The Morgan fingerprint density at radius 2 is 2.14 bits per heavy atom. The Morgan fingerprint density at radius 1 is 1.33 bits per heavy atom. The first-order chi connectivity index (χ1) is 9.95. The second kappa shape index (κ2) is 5.10. The SMILES string of the molecule is O=C1CS[C@@H](c2cccc(C(F)(F)F)c2)c2cn[nH]c2N1. The van der Waals surface area contributed by atoms with E-state index in [4.69, 9.17) is 0 Å². The molecule has 1 aromatic carbocycles. The van der Waals surface area contributed by atoms with Gasteiger partial charge in [-0.1, -0.05) is 18.2 Å². The second-order valence-electron chi connectivity index (χ2n) is 4.56. The number of hydrogen-bond donors (Lipinski definition) is 2. The number of thioether (sulfide) groups is 1. The van der Waals surface area contributed by atoms with E-state index >= 15 is 0 Å². The van der Waals surface area contributed by atoms with E-state index in [1.165, 1.54) is 24.0 Å². The van der Waals surface area contributed by atoms with E-state index in [2.05, 4.69) is 15.5 Å². The highest BCUT2D eigenvalue weighted by Crippen LogP contribution is 2.41. The standard InChI is InChI=1S/C13H10F3N3OS/c14-13(15,16)8-3-1-2-7(4-8)11-9-5-17-19-12(9)18-10(20)6-21-11/h1-5,11H,6H2,(H2,17,18,19,20)/t11-/m0/s1. The van der Waals surface area contributed by atoms with Crippen molar-refractivity contribution in [2.24, 2.45) is 0 Å². The molecule has 1 aliphatic rings. The summed E-state index contributed by atoms with van der Waals surface area (Å²) in [4.78, 5) is 11.6. The van der Waals surface area contributed by atoms with E-state index in [0.29, 0.717) is 16.9 Å². The van der Waals surface area contributed by atoms with E-state index in [-0.39, 0.29) is 16.9 Å². The molecule has 3 rings (SSSR count). The van der Waals surface area contributed by atoms with Crippen LogP contribution in [-0.2, 0) is 11.0 Å². The third kappa shape index (κ3) is 2.76. The number of fused-ring (bicyclic) bond motifs is 1. The number of halogens is 3. The Hall–Kier alpha value is -1.96. The first kappa shape index (κ1) is 14.0. The first-order valence-electron chi connectivity index (χ1n) is 6.07. The average Bonchev–Trinajstić information content (AvgIpc) is 2.80. The maximum absolute atomic E-state index is 12.8. The molecule has 0 fully saturated rings. The van der Waals surface area contributed by atoms with Crippen molar-refractivity contribution in [3.8, 4) is 0 Å². The van der Waals surface area contributed by atoms with Gasteiger partial charge in [-0.15, -0.1) is 11.8 Å². The molecule has 0 radical (unpaired) electrons. The van der Waals surface area contributed by atoms with Gasteiger partial charge in [-0.3, -0.25) is 9.89 Å². The predicted molar refractivity (Wildman–Crippen MR) is 73.0 cm³/mol. The lowest BCUT2D eigenvalue weighted by molar-refractivity contribution is -0.137. The smallest absolute Gasteiger partial charge is 0.310 e. The van der Waals surface area contributed by atoms with Crippen LogP contribution in [0.25, 0.3) is 0 Å². The number of carbonyl (C=O) groups excluding carboxylic acids is 1. The quantitative estimate of drug-likeness (QED) is 0.850. The molecule has 2 heterocycles. The molecule has 0 unspecified atom stereocenters. The summed E-state index contributed by atoms with van der Waals surface area (Å²) in [5.41, 5.74) is 0.466. The van der Waals surface area contributed by atoms with Crippen LogP contribution >= 0.6 is 11.8 Å². The van der Waals surface area contributed by atoms with E-state index in [1.54, 1.807) is 6.07 Å².